The van der Waals surface area contributed by atoms with Crippen LogP contribution in [0.4, 0.5) is 5.82 Å². The van der Waals surface area contributed by atoms with E-state index in [0.717, 1.165) is 53.2 Å². The number of halogens is 2. The Morgan fingerprint density at radius 2 is 2.15 bits per heavy atom. The van der Waals surface area contributed by atoms with Crippen molar-refractivity contribution < 1.29 is 0 Å². The Labute approximate surface area is 131 Å². The van der Waals surface area contributed by atoms with E-state index in [1.807, 2.05) is 18.2 Å². The van der Waals surface area contributed by atoms with E-state index < -0.39 is 0 Å². The van der Waals surface area contributed by atoms with E-state index in [4.69, 9.17) is 21.6 Å². The lowest BCUT2D eigenvalue weighted by Crippen LogP contribution is -2.06. The Bertz CT molecular complexity index is 658. The maximum Gasteiger partial charge on any atom is 0.162 e. The van der Waals surface area contributed by atoms with Gasteiger partial charge in [-0.2, -0.15) is 0 Å². The Hall–Kier alpha value is -1.13. The van der Waals surface area contributed by atoms with Gasteiger partial charge in [-0.3, -0.25) is 0 Å². The second kappa shape index (κ2) is 5.70. The number of aromatic nitrogens is 2. The smallest absolute Gasteiger partial charge is 0.162 e. The molecule has 2 aromatic rings. The van der Waals surface area contributed by atoms with Gasteiger partial charge in [0.15, 0.2) is 5.82 Å². The topological polar surface area (TPSA) is 37.8 Å². The van der Waals surface area contributed by atoms with E-state index >= 15 is 0 Å². The molecule has 0 saturated carbocycles. The van der Waals surface area contributed by atoms with Crippen molar-refractivity contribution in [2.24, 2.45) is 0 Å². The molecule has 5 heteroatoms. The number of aryl methyl sites for hydroxylation is 1. The van der Waals surface area contributed by atoms with Crippen LogP contribution in [0.2, 0.25) is 5.02 Å². The molecule has 1 aromatic heterocycles. The van der Waals surface area contributed by atoms with Gasteiger partial charge in [0.05, 0.1) is 0 Å². The minimum absolute atomic E-state index is 0.692. The van der Waals surface area contributed by atoms with Gasteiger partial charge in [0.2, 0.25) is 0 Å². The number of rotatable bonds is 3. The Morgan fingerprint density at radius 3 is 2.95 bits per heavy atom. The lowest BCUT2D eigenvalue weighted by Gasteiger charge is -2.12. The van der Waals surface area contributed by atoms with Crippen molar-refractivity contribution in [3.05, 3.63) is 39.0 Å². The summed E-state index contributed by atoms with van der Waals surface area (Å²) < 4.78 is 0.960. The van der Waals surface area contributed by atoms with E-state index in [1.165, 1.54) is 5.56 Å². The van der Waals surface area contributed by atoms with Crippen LogP contribution in [0.3, 0.4) is 0 Å². The summed E-state index contributed by atoms with van der Waals surface area (Å²) in [5.74, 6) is 1.70. The summed E-state index contributed by atoms with van der Waals surface area (Å²) in [6.45, 7) is 2.94. The first kappa shape index (κ1) is 13.8. The summed E-state index contributed by atoms with van der Waals surface area (Å²) in [6, 6.07) is 5.69. The zero-order valence-electron chi connectivity index (χ0n) is 11.2. The molecule has 0 bridgehead atoms. The summed E-state index contributed by atoms with van der Waals surface area (Å²) in [6.07, 6.45) is 3.25. The van der Waals surface area contributed by atoms with Crippen molar-refractivity contribution in [3.8, 4) is 11.4 Å². The zero-order valence-corrected chi connectivity index (χ0v) is 13.6. The Kier molecular flexibility index (Phi) is 3.94. The molecule has 0 radical (unpaired) electrons. The van der Waals surface area contributed by atoms with Crippen LogP contribution in [0.25, 0.3) is 11.4 Å². The largest absolute Gasteiger partial charge is 0.370 e. The number of anilines is 1. The SMILES string of the molecule is CCNc1nc(-c2cc(Cl)ccc2Br)nc2c1CCC2. The zero-order chi connectivity index (χ0) is 14.1. The number of nitrogens with one attached hydrogen (secondary N) is 1. The molecular weight excluding hydrogens is 338 g/mol. The van der Waals surface area contributed by atoms with Gasteiger partial charge in [-0.15, -0.1) is 0 Å². The molecule has 104 valence electrons. The molecule has 1 heterocycles. The van der Waals surface area contributed by atoms with Gasteiger partial charge in [-0.25, -0.2) is 9.97 Å². The molecular formula is C15H15BrClN3. The third-order valence-corrected chi connectivity index (χ3v) is 4.37. The highest BCUT2D eigenvalue weighted by Crippen LogP contribution is 2.33. The maximum atomic E-state index is 6.09. The van der Waals surface area contributed by atoms with Gasteiger partial charge in [0.1, 0.15) is 5.82 Å². The van der Waals surface area contributed by atoms with Gasteiger partial charge in [-0.1, -0.05) is 27.5 Å². The molecule has 1 aliphatic rings. The first-order valence-corrected chi connectivity index (χ1v) is 7.95. The predicted octanol–water partition coefficient (Wildman–Crippen LogP) is 4.48. The van der Waals surface area contributed by atoms with Crippen LogP contribution < -0.4 is 5.32 Å². The molecule has 3 rings (SSSR count). The van der Waals surface area contributed by atoms with E-state index in [1.54, 1.807) is 0 Å². The van der Waals surface area contributed by atoms with Crippen molar-refractivity contribution in [1.29, 1.82) is 0 Å². The molecule has 0 amide bonds. The van der Waals surface area contributed by atoms with Crippen molar-refractivity contribution in [2.75, 3.05) is 11.9 Å². The fourth-order valence-electron chi connectivity index (χ4n) is 2.54. The lowest BCUT2D eigenvalue weighted by molar-refractivity contribution is 0.900. The number of hydrogen-bond donors (Lipinski definition) is 1. The van der Waals surface area contributed by atoms with Crippen LogP contribution in [0.1, 0.15) is 24.6 Å². The number of nitrogens with zero attached hydrogens (tertiary/aromatic N) is 2. The van der Waals surface area contributed by atoms with Crippen molar-refractivity contribution >= 4 is 33.3 Å². The van der Waals surface area contributed by atoms with Crippen LogP contribution in [0.5, 0.6) is 0 Å². The second-order valence-electron chi connectivity index (χ2n) is 4.83. The number of hydrogen-bond acceptors (Lipinski definition) is 3. The van der Waals surface area contributed by atoms with E-state index in [9.17, 15) is 0 Å². The first-order valence-electron chi connectivity index (χ1n) is 6.78. The molecule has 0 unspecified atom stereocenters. The van der Waals surface area contributed by atoms with Crippen molar-refractivity contribution in [3.63, 3.8) is 0 Å². The number of fused-ring (bicyclic) bond motifs is 1. The minimum atomic E-state index is 0.692. The van der Waals surface area contributed by atoms with Gasteiger partial charge in [0.25, 0.3) is 0 Å². The molecule has 0 fully saturated rings. The summed E-state index contributed by atoms with van der Waals surface area (Å²) in [7, 11) is 0. The van der Waals surface area contributed by atoms with Crippen LogP contribution in [-0.2, 0) is 12.8 Å². The van der Waals surface area contributed by atoms with Gasteiger partial charge >= 0.3 is 0 Å². The first-order chi connectivity index (χ1) is 9.69. The highest BCUT2D eigenvalue weighted by atomic mass is 79.9. The summed E-state index contributed by atoms with van der Waals surface area (Å²) in [5, 5.41) is 4.04. The van der Waals surface area contributed by atoms with Crippen LogP contribution >= 0.6 is 27.5 Å². The molecule has 1 N–H and O–H groups in total. The van der Waals surface area contributed by atoms with Gasteiger partial charge in [-0.05, 0) is 44.4 Å². The average Bonchev–Trinajstić information content (AvgIpc) is 2.90. The van der Waals surface area contributed by atoms with Crippen molar-refractivity contribution in [1.82, 2.24) is 9.97 Å². The fourth-order valence-corrected chi connectivity index (χ4v) is 3.13. The van der Waals surface area contributed by atoms with E-state index in [2.05, 4.69) is 28.2 Å². The van der Waals surface area contributed by atoms with Crippen LogP contribution in [0.15, 0.2) is 22.7 Å². The molecule has 0 spiro atoms. The third kappa shape index (κ3) is 2.54. The number of benzene rings is 1. The molecule has 3 nitrogen and oxygen atoms in total. The Morgan fingerprint density at radius 1 is 1.30 bits per heavy atom. The second-order valence-corrected chi connectivity index (χ2v) is 6.12. The fraction of sp³-hybridized carbons (Fsp3) is 0.333. The van der Waals surface area contributed by atoms with Crippen LogP contribution in [-0.4, -0.2) is 16.5 Å². The standard InChI is InChI=1S/C15H15BrClN3/c1-2-18-14-10-4-3-5-13(10)19-15(20-14)11-8-9(17)6-7-12(11)16/h6-8H,2-5H2,1H3,(H,18,19,20). The van der Waals surface area contributed by atoms with Crippen molar-refractivity contribution in [2.45, 2.75) is 26.2 Å². The molecule has 0 atom stereocenters. The monoisotopic (exact) mass is 351 g/mol. The molecule has 20 heavy (non-hydrogen) atoms. The molecule has 0 saturated heterocycles. The predicted molar refractivity (Wildman–Crippen MR) is 86.4 cm³/mol. The van der Waals surface area contributed by atoms with Gasteiger partial charge in [0, 0.05) is 32.9 Å². The molecule has 1 aliphatic carbocycles. The summed E-state index contributed by atoms with van der Waals surface area (Å²) in [4.78, 5) is 9.42. The summed E-state index contributed by atoms with van der Waals surface area (Å²) in [5.41, 5.74) is 3.37. The highest BCUT2D eigenvalue weighted by molar-refractivity contribution is 9.10. The quantitative estimate of drug-likeness (QED) is 0.885. The minimum Gasteiger partial charge on any atom is -0.370 e. The van der Waals surface area contributed by atoms with E-state index in [0.29, 0.717) is 5.02 Å². The molecule has 0 aliphatic heterocycles. The Balaban J connectivity index is 2.14. The van der Waals surface area contributed by atoms with Gasteiger partial charge < -0.3 is 5.32 Å². The maximum absolute atomic E-state index is 6.09. The van der Waals surface area contributed by atoms with E-state index in [-0.39, 0.29) is 0 Å². The normalized spacial score (nSPS) is 13.3. The third-order valence-electron chi connectivity index (χ3n) is 3.45. The summed E-state index contributed by atoms with van der Waals surface area (Å²) >= 11 is 9.65. The average molecular weight is 353 g/mol. The highest BCUT2D eigenvalue weighted by Gasteiger charge is 2.20. The van der Waals surface area contributed by atoms with Crippen LogP contribution in [0, 0.1) is 0 Å². The molecule has 1 aromatic carbocycles. The lowest BCUT2D eigenvalue weighted by atomic mass is 10.2.